The first-order chi connectivity index (χ1) is 7.97. The molecule has 2 N–H and O–H groups in total. The molecule has 0 radical (unpaired) electrons. The minimum absolute atomic E-state index is 0. The summed E-state index contributed by atoms with van der Waals surface area (Å²) in [6.07, 6.45) is 0.704. The zero-order valence-corrected chi connectivity index (χ0v) is 12.0. The van der Waals surface area contributed by atoms with Gasteiger partial charge < -0.3 is 5.32 Å². The molecule has 0 spiro atoms. The van der Waals surface area contributed by atoms with E-state index in [2.05, 4.69) is 10.0 Å². The van der Waals surface area contributed by atoms with Gasteiger partial charge in [-0.15, -0.1) is 12.4 Å². The maximum absolute atomic E-state index is 12.9. The lowest BCUT2D eigenvalue weighted by Crippen LogP contribution is -2.27. The molecule has 0 fully saturated rings. The summed E-state index contributed by atoms with van der Waals surface area (Å²) in [5.41, 5.74) is 0.408. The fourth-order valence-corrected chi connectivity index (χ4v) is 2.76. The van der Waals surface area contributed by atoms with Gasteiger partial charge in [-0.3, -0.25) is 0 Å². The number of hydrogen-bond donors (Lipinski definition) is 2. The Kier molecular flexibility index (Phi) is 7.39. The van der Waals surface area contributed by atoms with Crippen molar-refractivity contribution in [2.24, 2.45) is 0 Å². The Morgan fingerprint density at radius 2 is 1.94 bits per heavy atom. The van der Waals surface area contributed by atoms with Crippen LogP contribution in [0.4, 0.5) is 4.39 Å². The third kappa shape index (κ3) is 4.89. The molecule has 0 aliphatic carbocycles. The van der Waals surface area contributed by atoms with Gasteiger partial charge in [0.05, 0.1) is 4.90 Å². The Morgan fingerprint density at radius 3 is 2.50 bits per heavy atom. The van der Waals surface area contributed by atoms with Gasteiger partial charge in [-0.05, 0) is 50.7 Å². The van der Waals surface area contributed by atoms with Crippen molar-refractivity contribution in [3.63, 3.8) is 0 Å². The van der Waals surface area contributed by atoms with E-state index < -0.39 is 15.8 Å². The number of rotatable bonds is 6. The lowest BCUT2D eigenvalue weighted by atomic mass is 10.2. The average Bonchev–Trinajstić information content (AvgIpc) is 2.24. The molecular formula is C11H18ClFN2O2S. The summed E-state index contributed by atoms with van der Waals surface area (Å²) in [5, 5.41) is 2.93. The predicted molar refractivity (Wildman–Crippen MR) is 72.1 cm³/mol. The SMILES string of the molecule is CNCCCNS(=O)(=O)c1ccc(F)cc1C.Cl. The first kappa shape index (κ1) is 17.3. The standard InChI is InChI=1S/C11H17FN2O2S.ClH/c1-9-8-10(12)4-5-11(9)17(15,16)14-7-3-6-13-2;/h4-5,8,13-14H,3,6-7H2,1-2H3;1H. The highest BCUT2D eigenvalue weighted by molar-refractivity contribution is 7.89. The molecule has 0 amide bonds. The highest BCUT2D eigenvalue weighted by atomic mass is 35.5. The molecule has 0 bridgehead atoms. The van der Waals surface area contributed by atoms with Gasteiger partial charge in [0.1, 0.15) is 5.82 Å². The third-order valence-corrected chi connectivity index (χ3v) is 3.94. The van der Waals surface area contributed by atoms with Gasteiger partial charge in [-0.25, -0.2) is 17.5 Å². The molecule has 0 saturated carbocycles. The molecule has 4 nitrogen and oxygen atoms in total. The van der Waals surface area contributed by atoms with E-state index >= 15 is 0 Å². The quantitative estimate of drug-likeness (QED) is 0.781. The number of benzene rings is 1. The Balaban J connectivity index is 0.00000289. The van der Waals surface area contributed by atoms with E-state index in [0.29, 0.717) is 18.5 Å². The van der Waals surface area contributed by atoms with E-state index in [1.165, 1.54) is 12.1 Å². The molecule has 0 heterocycles. The number of nitrogens with one attached hydrogen (secondary N) is 2. The molecule has 1 rings (SSSR count). The summed E-state index contributed by atoms with van der Waals surface area (Å²) in [6.45, 7) is 2.68. The number of aryl methyl sites for hydroxylation is 1. The van der Waals surface area contributed by atoms with Crippen molar-refractivity contribution >= 4 is 22.4 Å². The van der Waals surface area contributed by atoms with Crippen molar-refractivity contribution in [2.75, 3.05) is 20.1 Å². The van der Waals surface area contributed by atoms with Crippen molar-refractivity contribution in [2.45, 2.75) is 18.2 Å². The van der Waals surface area contributed by atoms with Gasteiger partial charge in [-0.1, -0.05) is 0 Å². The van der Waals surface area contributed by atoms with Crippen LogP contribution in [-0.2, 0) is 10.0 Å². The Bertz CT molecular complexity index is 480. The Hall–Kier alpha value is -0.690. The van der Waals surface area contributed by atoms with Crippen molar-refractivity contribution in [1.82, 2.24) is 10.0 Å². The molecule has 1 aromatic rings. The van der Waals surface area contributed by atoms with Crippen molar-refractivity contribution in [3.8, 4) is 0 Å². The van der Waals surface area contributed by atoms with Gasteiger partial charge in [0.15, 0.2) is 0 Å². The summed E-state index contributed by atoms with van der Waals surface area (Å²) in [7, 11) is -1.73. The second-order valence-electron chi connectivity index (χ2n) is 3.76. The molecule has 1 aromatic carbocycles. The second-order valence-corrected chi connectivity index (χ2v) is 5.50. The zero-order valence-electron chi connectivity index (χ0n) is 10.4. The van der Waals surface area contributed by atoms with Gasteiger partial charge in [0, 0.05) is 6.54 Å². The smallest absolute Gasteiger partial charge is 0.240 e. The van der Waals surface area contributed by atoms with E-state index in [9.17, 15) is 12.8 Å². The summed E-state index contributed by atoms with van der Waals surface area (Å²) >= 11 is 0. The zero-order chi connectivity index (χ0) is 12.9. The molecule has 7 heteroatoms. The van der Waals surface area contributed by atoms with Crippen LogP contribution in [0.25, 0.3) is 0 Å². The minimum Gasteiger partial charge on any atom is -0.320 e. The van der Waals surface area contributed by atoms with E-state index in [-0.39, 0.29) is 17.3 Å². The largest absolute Gasteiger partial charge is 0.320 e. The molecule has 0 atom stereocenters. The second kappa shape index (κ2) is 7.68. The van der Waals surface area contributed by atoms with Crippen molar-refractivity contribution in [3.05, 3.63) is 29.6 Å². The van der Waals surface area contributed by atoms with Crippen LogP contribution in [0.2, 0.25) is 0 Å². The molecule has 18 heavy (non-hydrogen) atoms. The van der Waals surface area contributed by atoms with Crippen LogP contribution in [0, 0.1) is 12.7 Å². The molecular weight excluding hydrogens is 279 g/mol. The van der Waals surface area contributed by atoms with Gasteiger partial charge in [0.2, 0.25) is 10.0 Å². The van der Waals surface area contributed by atoms with Crippen molar-refractivity contribution in [1.29, 1.82) is 0 Å². The van der Waals surface area contributed by atoms with Crippen LogP contribution in [0.3, 0.4) is 0 Å². The number of hydrogen-bond acceptors (Lipinski definition) is 3. The number of halogens is 2. The van der Waals surface area contributed by atoms with Crippen LogP contribution >= 0.6 is 12.4 Å². The van der Waals surface area contributed by atoms with E-state index in [1.54, 1.807) is 14.0 Å². The van der Waals surface area contributed by atoms with Crippen LogP contribution < -0.4 is 10.0 Å². The van der Waals surface area contributed by atoms with Crippen molar-refractivity contribution < 1.29 is 12.8 Å². The first-order valence-electron chi connectivity index (χ1n) is 5.38. The number of sulfonamides is 1. The highest BCUT2D eigenvalue weighted by Crippen LogP contribution is 2.15. The lowest BCUT2D eigenvalue weighted by Gasteiger charge is -2.09. The van der Waals surface area contributed by atoms with Gasteiger partial charge in [-0.2, -0.15) is 0 Å². The van der Waals surface area contributed by atoms with Crippen LogP contribution in [0.5, 0.6) is 0 Å². The molecule has 0 aromatic heterocycles. The molecule has 0 unspecified atom stereocenters. The van der Waals surface area contributed by atoms with E-state index in [4.69, 9.17) is 0 Å². The topological polar surface area (TPSA) is 58.2 Å². The first-order valence-corrected chi connectivity index (χ1v) is 6.86. The third-order valence-electron chi connectivity index (χ3n) is 2.32. The van der Waals surface area contributed by atoms with Crippen LogP contribution in [-0.4, -0.2) is 28.6 Å². The molecule has 104 valence electrons. The summed E-state index contributed by atoms with van der Waals surface area (Å²) in [4.78, 5) is 0.128. The summed E-state index contributed by atoms with van der Waals surface area (Å²) < 4.78 is 39.1. The summed E-state index contributed by atoms with van der Waals surface area (Å²) in [5.74, 6) is -0.434. The predicted octanol–water partition coefficient (Wildman–Crippen LogP) is 1.44. The molecule has 0 aliphatic heterocycles. The Labute approximate surface area is 113 Å². The normalized spacial score (nSPS) is 11.1. The fourth-order valence-electron chi connectivity index (χ4n) is 1.46. The van der Waals surface area contributed by atoms with E-state index in [1.807, 2.05) is 0 Å². The summed E-state index contributed by atoms with van der Waals surface area (Å²) in [6, 6.07) is 3.64. The average molecular weight is 297 g/mol. The van der Waals surface area contributed by atoms with E-state index in [0.717, 1.165) is 12.6 Å². The Morgan fingerprint density at radius 1 is 1.28 bits per heavy atom. The highest BCUT2D eigenvalue weighted by Gasteiger charge is 2.16. The van der Waals surface area contributed by atoms with Gasteiger partial charge in [0.25, 0.3) is 0 Å². The van der Waals surface area contributed by atoms with Gasteiger partial charge >= 0.3 is 0 Å². The van der Waals surface area contributed by atoms with Crippen LogP contribution in [0.15, 0.2) is 23.1 Å². The maximum Gasteiger partial charge on any atom is 0.240 e. The fraction of sp³-hybridized carbons (Fsp3) is 0.455. The molecule has 0 saturated heterocycles. The lowest BCUT2D eigenvalue weighted by molar-refractivity contribution is 0.575. The minimum atomic E-state index is -3.53. The molecule has 0 aliphatic rings. The monoisotopic (exact) mass is 296 g/mol. The maximum atomic E-state index is 12.9. The van der Waals surface area contributed by atoms with Crippen LogP contribution in [0.1, 0.15) is 12.0 Å².